The maximum absolute atomic E-state index is 11.9. The van der Waals surface area contributed by atoms with Gasteiger partial charge in [-0.1, -0.05) is 59.8 Å². The van der Waals surface area contributed by atoms with Crippen molar-refractivity contribution >= 4 is 58.1 Å². The highest BCUT2D eigenvalue weighted by atomic mass is 35.5. The number of anilines is 1. The lowest BCUT2D eigenvalue weighted by Gasteiger charge is -2.04. The van der Waals surface area contributed by atoms with E-state index >= 15 is 0 Å². The van der Waals surface area contributed by atoms with Gasteiger partial charge in [-0.2, -0.15) is 0 Å². The Kier molecular flexibility index (Phi) is 7.44. The highest BCUT2D eigenvalue weighted by Crippen LogP contribution is 2.29. The average Bonchev–Trinajstić information content (AvgIpc) is 2.96. The van der Waals surface area contributed by atoms with E-state index in [1.165, 1.54) is 35.9 Å². The van der Waals surface area contributed by atoms with Gasteiger partial charge in [-0.05, 0) is 18.6 Å². The number of amides is 1. The molecule has 0 radical (unpaired) electrons. The minimum atomic E-state index is -0.143. The van der Waals surface area contributed by atoms with Crippen molar-refractivity contribution in [2.45, 2.75) is 28.4 Å². The standard InChI is InChI=1S/C13H15ClN4OS3/c1-2-3-7-20-12-17-18-13(22-12)21-8-10(19)16-9-5-4-6-15-11(9)14/h4-6H,2-3,7-8H2,1H3,(H,16,19). The van der Waals surface area contributed by atoms with E-state index < -0.39 is 0 Å². The number of aromatic nitrogens is 3. The van der Waals surface area contributed by atoms with E-state index in [2.05, 4.69) is 27.4 Å². The Morgan fingerprint density at radius 2 is 2.14 bits per heavy atom. The monoisotopic (exact) mass is 374 g/mol. The summed E-state index contributed by atoms with van der Waals surface area (Å²) in [7, 11) is 0. The second-order valence-electron chi connectivity index (χ2n) is 4.21. The van der Waals surface area contributed by atoms with Gasteiger partial charge in [0.2, 0.25) is 5.91 Å². The molecule has 0 saturated carbocycles. The molecular weight excluding hydrogens is 360 g/mol. The first-order chi connectivity index (χ1) is 10.7. The molecule has 22 heavy (non-hydrogen) atoms. The average molecular weight is 375 g/mol. The van der Waals surface area contributed by atoms with Crippen LogP contribution in [0.2, 0.25) is 5.15 Å². The summed E-state index contributed by atoms with van der Waals surface area (Å²) in [4.78, 5) is 15.8. The van der Waals surface area contributed by atoms with Gasteiger partial charge in [-0.15, -0.1) is 10.2 Å². The molecule has 0 fully saturated rings. The molecule has 2 aromatic rings. The smallest absolute Gasteiger partial charge is 0.234 e. The summed E-state index contributed by atoms with van der Waals surface area (Å²) in [5.41, 5.74) is 0.517. The molecule has 0 aromatic carbocycles. The third-order valence-corrected chi connectivity index (χ3v) is 6.05. The zero-order valence-corrected chi connectivity index (χ0v) is 15.1. The molecule has 2 aromatic heterocycles. The van der Waals surface area contributed by atoms with Crippen LogP contribution in [-0.4, -0.2) is 32.6 Å². The second kappa shape index (κ2) is 9.34. The number of unbranched alkanes of at least 4 members (excludes halogenated alkanes) is 1. The lowest BCUT2D eigenvalue weighted by molar-refractivity contribution is -0.113. The number of nitrogens with one attached hydrogen (secondary N) is 1. The van der Waals surface area contributed by atoms with Crippen molar-refractivity contribution in [3.05, 3.63) is 23.5 Å². The fourth-order valence-corrected chi connectivity index (χ4v) is 4.55. The van der Waals surface area contributed by atoms with Crippen LogP contribution in [0.1, 0.15) is 19.8 Å². The first kappa shape index (κ1) is 17.5. The Balaban J connectivity index is 1.78. The number of carbonyl (C=O) groups is 1. The molecular formula is C13H15ClN4OS3. The third kappa shape index (κ3) is 5.75. The van der Waals surface area contributed by atoms with E-state index in [1.807, 2.05) is 0 Å². The normalized spacial score (nSPS) is 10.6. The molecule has 0 atom stereocenters. The molecule has 0 bridgehead atoms. The van der Waals surface area contributed by atoms with Gasteiger partial charge in [0.15, 0.2) is 13.8 Å². The molecule has 0 spiro atoms. The van der Waals surface area contributed by atoms with E-state index in [4.69, 9.17) is 11.6 Å². The van der Waals surface area contributed by atoms with Crippen molar-refractivity contribution in [1.29, 1.82) is 0 Å². The molecule has 0 aliphatic heterocycles. The first-order valence-corrected chi connectivity index (χ1v) is 9.85. The predicted octanol–water partition coefficient (Wildman–Crippen LogP) is 4.21. The van der Waals surface area contributed by atoms with Gasteiger partial charge in [0.25, 0.3) is 0 Å². The Hall–Kier alpha value is -0.830. The number of hydrogen-bond acceptors (Lipinski definition) is 7. The zero-order chi connectivity index (χ0) is 15.8. The quantitative estimate of drug-likeness (QED) is 0.424. The summed E-state index contributed by atoms with van der Waals surface area (Å²) >= 11 is 10.5. The number of thioether (sulfide) groups is 2. The van der Waals surface area contributed by atoms with Crippen LogP contribution in [0.25, 0.3) is 0 Å². The van der Waals surface area contributed by atoms with Crippen LogP contribution in [0.4, 0.5) is 5.69 Å². The van der Waals surface area contributed by atoms with Gasteiger partial charge in [0.1, 0.15) is 0 Å². The Morgan fingerprint density at radius 1 is 1.36 bits per heavy atom. The minimum absolute atomic E-state index is 0.143. The number of rotatable bonds is 8. The van der Waals surface area contributed by atoms with Crippen LogP contribution >= 0.6 is 46.5 Å². The summed E-state index contributed by atoms with van der Waals surface area (Å²) < 4.78 is 1.75. The van der Waals surface area contributed by atoms with E-state index in [-0.39, 0.29) is 16.8 Å². The summed E-state index contributed by atoms with van der Waals surface area (Å²) in [5, 5.41) is 11.2. The molecule has 2 rings (SSSR count). The molecule has 5 nitrogen and oxygen atoms in total. The van der Waals surface area contributed by atoms with Crippen LogP contribution in [-0.2, 0) is 4.79 Å². The molecule has 1 N–H and O–H groups in total. The third-order valence-electron chi connectivity index (χ3n) is 2.47. The second-order valence-corrected chi connectivity index (χ2v) is 8.11. The van der Waals surface area contributed by atoms with Crippen molar-refractivity contribution in [2.75, 3.05) is 16.8 Å². The number of pyridine rings is 1. The minimum Gasteiger partial charge on any atom is -0.323 e. The van der Waals surface area contributed by atoms with Gasteiger partial charge >= 0.3 is 0 Å². The Morgan fingerprint density at radius 3 is 2.86 bits per heavy atom. The summed E-state index contributed by atoms with van der Waals surface area (Å²) in [5.74, 6) is 1.17. The van der Waals surface area contributed by atoms with Crippen LogP contribution in [0.15, 0.2) is 27.0 Å². The van der Waals surface area contributed by atoms with E-state index in [9.17, 15) is 4.79 Å². The van der Waals surface area contributed by atoms with Crippen molar-refractivity contribution in [2.24, 2.45) is 0 Å². The van der Waals surface area contributed by atoms with Gasteiger partial charge in [0.05, 0.1) is 11.4 Å². The largest absolute Gasteiger partial charge is 0.323 e. The van der Waals surface area contributed by atoms with Gasteiger partial charge < -0.3 is 5.32 Å². The van der Waals surface area contributed by atoms with Crippen LogP contribution in [0.3, 0.4) is 0 Å². The fraction of sp³-hybridized carbons (Fsp3) is 0.385. The lowest BCUT2D eigenvalue weighted by atomic mass is 10.4. The lowest BCUT2D eigenvalue weighted by Crippen LogP contribution is -2.14. The van der Waals surface area contributed by atoms with E-state index in [1.54, 1.807) is 30.1 Å². The fourth-order valence-electron chi connectivity index (χ4n) is 1.41. The van der Waals surface area contributed by atoms with Crippen LogP contribution < -0.4 is 5.32 Å². The molecule has 118 valence electrons. The van der Waals surface area contributed by atoms with Crippen molar-refractivity contribution in [3.8, 4) is 0 Å². The zero-order valence-electron chi connectivity index (χ0n) is 11.9. The van der Waals surface area contributed by atoms with Crippen LogP contribution in [0.5, 0.6) is 0 Å². The van der Waals surface area contributed by atoms with Crippen molar-refractivity contribution in [3.63, 3.8) is 0 Å². The van der Waals surface area contributed by atoms with Crippen molar-refractivity contribution in [1.82, 2.24) is 15.2 Å². The predicted molar refractivity (Wildman–Crippen MR) is 94.1 cm³/mol. The molecule has 9 heteroatoms. The van der Waals surface area contributed by atoms with Crippen molar-refractivity contribution < 1.29 is 4.79 Å². The summed E-state index contributed by atoms with van der Waals surface area (Å²) in [6.45, 7) is 2.16. The Bertz CT molecular complexity index is 623. The first-order valence-electron chi connectivity index (χ1n) is 6.68. The van der Waals surface area contributed by atoms with Gasteiger partial charge in [0, 0.05) is 11.9 Å². The molecule has 2 heterocycles. The van der Waals surface area contributed by atoms with Gasteiger partial charge in [-0.3, -0.25) is 4.79 Å². The highest BCUT2D eigenvalue weighted by molar-refractivity contribution is 8.03. The summed E-state index contributed by atoms with van der Waals surface area (Å²) in [6.07, 6.45) is 3.91. The summed E-state index contributed by atoms with van der Waals surface area (Å²) in [6, 6.07) is 3.44. The maximum Gasteiger partial charge on any atom is 0.234 e. The molecule has 0 aliphatic carbocycles. The SMILES string of the molecule is CCCCSc1nnc(SCC(=O)Nc2cccnc2Cl)s1. The Labute approximate surface area is 146 Å². The maximum atomic E-state index is 11.9. The molecule has 0 saturated heterocycles. The highest BCUT2D eigenvalue weighted by Gasteiger charge is 2.10. The molecule has 1 amide bonds. The number of carbonyl (C=O) groups excluding carboxylic acids is 1. The van der Waals surface area contributed by atoms with Crippen LogP contribution in [0, 0.1) is 0 Å². The number of hydrogen-bond donors (Lipinski definition) is 1. The molecule has 0 unspecified atom stereocenters. The van der Waals surface area contributed by atoms with E-state index in [0.29, 0.717) is 5.69 Å². The number of nitrogens with zero attached hydrogens (tertiary/aromatic N) is 3. The van der Waals surface area contributed by atoms with Gasteiger partial charge in [-0.25, -0.2) is 4.98 Å². The molecule has 0 aliphatic rings. The van der Waals surface area contributed by atoms with E-state index in [0.717, 1.165) is 14.4 Å². The topological polar surface area (TPSA) is 67.8 Å². The number of halogens is 1.